The molecule has 0 fully saturated rings. The first-order valence-electron chi connectivity index (χ1n) is 3.69. The Morgan fingerprint density at radius 3 is 3.07 bits per heavy atom. The fourth-order valence-corrected chi connectivity index (χ4v) is 1.54. The molecule has 0 aliphatic carbocycles. The summed E-state index contributed by atoms with van der Waals surface area (Å²) in [5.74, 6) is 0.266. The van der Waals surface area contributed by atoms with Crippen LogP contribution in [0.4, 0.5) is 5.82 Å². The van der Waals surface area contributed by atoms with Crippen LogP contribution in [-0.2, 0) is 0 Å². The Labute approximate surface area is 86.6 Å². The summed E-state index contributed by atoms with van der Waals surface area (Å²) >= 11 is 2.30. The number of aromatic amines is 1. The van der Waals surface area contributed by atoms with E-state index in [1.807, 2.05) is 6.07 Å². The van der Waals surface area contributed by atoms with Gasteiger partial charge in [0.1, 0.15) is 22.8 Å². The number of aromatic nitrogens is 3. The van der Waals surface area contributed by atoms with Crippen molar-refractivity contribution in [2.24, 2.45) is 0 Å². The molecule has 2 heterocycles. The van der Waals surface area contributed by atoms with Gasteiger partial charge in [0.2, 0.25) is 0 Å². The number of hydrogen-bond donors (Lipinski definition) is 2. The number of nitrogens with two attached hydrogens (primary N) is 1. The lowest BCUT2D eigenvalue weighted by Gasteiger charge is -1.97. The fraction of sp³-hybridized carbons (Fsp3) is 0. The molecule has 2 aromatic rings. The van der Waals surface area contributed by atoms with Crippen molar-refractivity contribution in [2.75, 3.05) is 5.73 Å². The highest BCUT2D eigenvalue weighted by molar-refractivity contribution is 6.14. The molecule has 7 heteroatoms. The SMILES string of the molecule is N#Cc1c(N)[n]([Al])c2[nH]c(=O)cnc12. The molecular formula is C7H4AlN5O. The highest BCUT2D eigenvalue weighted by atomic mass is 27.1. The second kappa shape index (κ2) is 2.88. The van der Waals surface area contributed by atoms with E-state index in [2.05, 4.69) is 26.5 Å². The van der Waals surface area contributed by atoms with Crippen LogP contribution in [-0.4, -0.2) is 30.0 Å². The number of H-pyrrole nitrogens is 1. The molecule has 0 amide bonds. The zero-order chi connectivity index (χ0) is 10.3. The third-order valence-corrected chi connectivity index (χ3v) is 2.42. The zero-order valence-electron chi connectivity index (χ0n) is 6.98. The van der Waals surface area contributed by atoms with Gasteiger partial charge in [0.25, 0.3) is 5.56 Å². The molecule has 2 aromatic heterocycles. The minimum atomic E-state index is -0.330. The Kier molecular flexibility index (Phi) is 1.81. The van der Waals surface area contributed by atoms with Crippen LogP contribution < -0.4 is 11.3 Å². The number of rotatable bonds is 0. The molecule has 0 saturated carbocycles. The predicted molar refractivity (Wildman–Crippen MR) is 50.6 cm³/mol. The fourth-order valence-electron chi connectivity index (χ4n) is 1.22. The lowest BCUT2D eigenvalue weighted by molar-refractivity contribution is 1.17. The van der Waals surface area contributed by atoms with E-state index in [0.29, 0.717) is 11.2 Å². The van der Waals surface area contributed by atoms with Crippen molar-refractivity contribution >= 4 is 33.5 Å². The normalized spacial score (nSPS) is 10.2. The third kappa shape index (κ3) is 1.02. The van der Waals surface area contributed by atoms with Gasteiger partial charge >= 0.3 is 16.5 Å². The third-order valence-electron chi connectivity index (χ3n) is 1.88. The van der Waals surface area contributed by atoms with Crippen molar-refractivity contribution in [2.45, 2.75) is 0 Å². The summed E-state index contributed by atoms with van der Waals surface area (Å²) in [5.41, 5.74) is 6.40. The van der Waals surface area contributed by atoms with Gasteiger partial charge in [-0.25, -0.2) is 4.98 Å². The molecule has 0 spiro atoms. The van der Waals surface area contributed by atoms with Crippen molar-refractivity contribution in [3.63, 3.8) is 0 Å². The topological polar surface area (TPSA) is 100 Å². The summed E-state index contributed by atoms with van der Waals surface area (Å²) in [6.45, 7) is 0. The lowest BCUT2D eigenvalue weighted by atomic mass is 10.3. The Balaban J connectivity index is 3.05. The Bertz CT molecular complexity index is 605. The van der Waals surface area contributed by atoms with E-state index in [1.165, 1.54) is 3.55 Å². The lowest BCUT2D eigenvalue weighted by Crippen LogP contribution is -2.07. The number of nitrogens with zero attached hydrogens (tertiary/aromatic N) is 3. The minimum Gasteiger partial charge on any atom is -0.424 e. The van der Waals surface area contributed by atoms with Crippen LogP contribution in [0.25, 0.3) is 11.2 Å². The summed E-state index contributed by atoms with van der Waals surface area (Å²) < 4.78 is 1.45. The number of hydrogen-bond acceptors (Lipinski definition) is 4. The maximum atomic E-state index is 11.0. The highest BCUT2D eigenvalue weighted by Gasteiger charge is 2.12. The minimum absolute atomic E-state index is 0.266. The number of nitrogens with one attached hydrogen (secondary N) is 1. The van der Waals surface area contributed by atoms with Crippen molar-refractivity contribution in [1.29, 1.82) is 5.26 Å². The molecule has 0 atom stereocenters. The molecule has 66 valence electrons. The van der Waals surface area contributed by atoms with Crippen molar-refractivity contribution in [3.8, 4) is 6.07 Å². The van der Waals surface area contributed by atoms with Crippen LogP contribution in [0, 0.1) is 11.3 Å². The second-order valence-corrected chi connectivity index (χ2v) is 3.20. The van der Waals surface area contributed by atoms with Crippen molar-refractivity contribution in [3.05, 3.63) is 22.1 Å². The number of anilines is 1. The smallest absolute Gasteiger partial charge is 0.323 e. The molecule has 2 radical (unpaired) electrons. The molecule has 2 rings (SSSR count). The Morgan fingerprint density at radius 1 is 1.71 bits per heavy atom. The van der Waals surface area contributed by atoms with E-state index in [4.69, 9.17) is 11.0 Å². The average molecular weight is 201 g/mol. The maximum Gasteiger partial charge on any atom is 0.323 e. The molecule has 0 aliphatic rings. The molecule has 3 N–H and O–H groups in total. The number of nitriles is 1. The van der Waals surface area contributed by atoms with E-state index in [-0.39, 0.29) is 16.9 Å². The van der Waals surface area contributed by atoms with E-state index in [0.717, 1.165) is 6.20 Å². The summed E-state index contributed by atoms with van der Waals surface area (Å²) in [6.07, 6.45) is 1.12. The van der Waals surface area contributed by atoms with Gasteiger partial charge in [-0.1, -0.05) is 0 Å². The van der Waals surface area contributed by atoms with E-state index in [1.54, 1.807) is 0 Å². The van der Waals surface area contributed by atoms with Crippen LogP contribution in [0.1, 0.15) is 5.56 Å². The molecule has 6 nitrogen and oxygen atoms in total. The summed E-state index contributed by atoms with van der Waals surface area (Å²) in [7, 11) is 0. The largest absolute Gasteiger partial charge is 0.424 e. The van der Waals surface area contributed by atoms with Crippen LogP contribution >= 0.6 is 0 Å². The van der Waals surface area contributed by atoms with Crippen molar-refractivity contribution in [1.82, 2.24) is 13.5 Å². The highest BCUT2D eigenvalue weighted by Crippen LogP contribution is 2.20. The van der Waals surface area contributed by atoms with Crippen LogP contribution in [0.15, 0.2) is 11.0 Å². The van der Waals surface area contributed by atoms with E-state index < -0.39 is 0 Å². The first kappa shape index (κ1) is 8.82. The van der Waals surface area contributed by atoms with E-state index >= 15 is 0 Å². The maximum absolute atomic E-state index is 11.0. The predicted octanol–water partition coefficient (Wildman–Crippen LogP) is -0.890. The molecule has 0 unspecified atom stereocenters. The summed E-state index contributed by atoms with van der Waals surface area (Å²) in [5, 5.41) is 8.81. The van der Waals surface area contributed by atoms with Gasteiger partial charge in [-0.3, -0.25) is 4.79 Å². The average Bonchev–Trinajstić information content (AvgIpc) is 2.41. The van der Waals surface area contributed by atoms with Gasteiger partial charge in [0.15, 0.2) is 0 Å². The standard InChI is InChI=1S/C7H5N5O.Al/c8-1-3-5-7(12-6(3)9)11-4(13)2-10-5;/h2H,(H4,9,10,11,12,13);/q;+1/p-1. The summed E-state index contributed by atoms with van der Waals surface area (Å²) in [4.78, 5) is 17.4. The number of fused-ring (bicyclic) bond motifs is 1. The molecular weight excluding hydrogens is 197 g/mol. The van der Waals surface area contributed by atoms with E-state index in [9.17, 15) is 4.79 Å². The van der Waals surface area contributed by atoms with Gasteiger partial charge in [0.05, 0.1) is 12.0 Å². The Hall–Kier alpha value is -1.76. The molecule has 14 heavy (non-hydrogen) atoms. The van der Waals surface area contributed by atoms with Gasteiger partial charge in [-0.05, 0) is 0 Å². The monoisotopic (exact) mass is 201 g/mol. The number of nitrogen functional groups attached to an aromatic ring is 1. The van der Waals surface area contributed by atoms with Crippen LogP contribution in [0.5, 0.6) is 0 Å². The molecule has 0 bridgehead atoms. The molecule has 0 aliphatic heterocycles. The Morgan fingerprint density at radius 2 is 2.43 bits per heavy atom. The molecule has 0 aromatic carbocycles. The van der Waals surface area contributed by atoms with Crippen LogP contribution in [0.2, 0.25) is 0 Å². The molecule has 0 saturated heterocycles. The van der Waals surface area contributed by atoms with Gasteiger partial charge in [0, 0.05) is 0 Å². The van der Waals surface area contributed by atoms with Crippen LogP contribution in [0.3, 0.4) is 0 Å². The second-order valence-electron chi connectivity index (χ2n) is 2.69. The van der Waals surface area contributed by atoms with Crippen molar-refractivity contribution < 1.29 is 0 Å². The quantitative estimate of drug-likeness (QED) is 0.540. The zero-order valence-corrected chi connectivity index (χ0v) is 8.14. The van der Waals surface area contributed by atoms with Gasteiger partial charge in [-0.2, -0.15) is 5.26 Å². The first-order chi connectivity index (χ1) is 6.65. The van der Waals surface area contributed by atoms with Gasteiger partial charge < -0.3 is 14.3 Å². The first-order valence-corrected chi connectivity index (χ1v) is 4.21. The van der Waals surface area contributed by atoms with Gasteiger partial charge in [-0.15, -0.1) is 0 Å². The summed E-state index contributed by atoms with van der Waals surface area (Å²) in [6, 6.07) is 1.93.